The summed E-state index contributed by atoms with van der Waals surface area (Å²) in [5.41, 5.74) is 0.647. The Morgan fingerprint density at radius 1 is 1.47 bits per heavy atom. The average Bonchev–Trinajstić information content (AvgIpc) is 2.28. The van der Waals surface area contributed by atoms with E-state index in [1.165, 1.54) is 0 Å². The van der Waals surface area contributed by atoms with Gasteiger partial charge in [-0.15, -0.1) is 0 Å². The zero-order valence-electron chi connectivity index (χ0n) is 9.64. The molecule has 2 nitrogen and oxygen atoms in total. The van der Waals surface area contributed by atoms with Crippen molar-refractivity contribution in [1.82, 2.24) is 5.32 Å². The highest BCUT2D eigenvalue weighted by Gasteiger charge is 2.17. The van der Waals surface area contributed by atoms with Crippen LogP contribution < -0.4 is 5.32 Å². The highest BCUT2D eigenvalue weighted by molar-refractivity contribution is 14.1. The zero-order valence-corrected chi connectivity index (χ0v) is 14.7. The topological polar surface area (TPSA) is 29.1 Å². The van der Waals surface area contributed by atoms with Gasteiger partial charge in [0.1, 0.15) is 0 Å². The predicted octanol–water partition coefficient (Wildman–Crippen LogP) is 4.13. The molecule has 94 valence electrons. The minimum atomic E-state index is -0.0488. The van der Waals surface area contributed by atoms with Crippen molar-refractivity contribution >= 4 is 62.7 Å². The smallest absolute Gasteiger partial charge is 0.252 e. The van der Waals surface area contributed by atoms with Gasteiger partial charge in [-0.2, -0.15) is 0 Å². The Hall–Kier alpha value is 0.440. The van der Waals surface area contributed by atoms with E-state index in [1.54, 1.807) is 12.1 Å². The van der Waals surface area contributed by atoms with Gasteiger partial charge in [0, 0.05) is 19.1 Å². The SMILES string of the molecule is CC(C)C(CI)NC(=O)c1cc(Cl)ccc1I. The molecule has 0 aliphatic rings. The van der Waals surface area contributed by atoms with Crippen LogP contribution in [-0.4, -0.2) is 16.4 Å². The molecule has 0 spiro atoms. The first-order valence-corrected chi connectivity index (χ1v) is 8.25. The zero-order chi connectivity index (χ0) is 13.0. The van der Waals surface area contributed by atoms with Crippen molar-refractivity contribution < 1.29 is 4.79 Å². The highest BCUT2D eigenvalue weighted by Crippen LogP contribution is 2.18. The van der Waals surface area contributed by atoms with Crippen LogP contribution in [0, 0.1) is 9.49 Å². The number of amides is 1. The second-order valence-electron chi connectivity index (χ2n) is 4.10. The van der Waals surface area contributed by atoms with Gasteiger partial charge >= 0.3 is 0 Å². The molecule has 1 aromatic carbocycles. The molecule has 0 radical (unpaired) electrons. The standard InChI is InChI=1S/C12H14ClI2NO/c1-7(2)11(6-14)16-12(17)9-5-8(13)3-4-10(9)15/h3-5,7,11H,6H2,1-2H3,(H,16,17). The number of hydrogen-bond donors (Lipinski definition) is 1. The number of carbonyl (C=O) groups is 1. The monoisotopic (exact) mass is 477 g/mol. The maximum Gasteiger partial charge on any atom is 0.252 e. The lowest BCUT2D eigenvalue weighted by Crippen LogP contribution is -2.40. The predicted molar refractivity (Wildman–Crippen MR) is 89.1 cm³/mol. The lowest BCUT2D eigenvalue weighted by atomic mass is 10.1. The normalized spacial score (nSPS) is 12.6. The molecule has 0 aliphatic heterocycles. The quantitative estimate of drug-likeness (QED) is 0.513. The van der Waals surface area contributed by atoms with Crippen LogP contribution in [-0.2, 0) is 0 Å². The molecule has 1 unspecified atom stereocenters. The Morgan fingerprint density at radius 2 is 2.12 bits per heavy atom. The van der Waals surface area contributed by atoms with Crippen molar-refractivity contribution in [2.24, 2.45) is 5.92 Å². The van der Waals surface area contributed by atoms with Crippen molar-refractivity contribution in [2.45, 2.75) is 19.9 Å². The summed E-state index contributed by atoms with van der Waals surface area (Å²) in [6.07, 6.45) is 0. The lowest BCUT2D eigenvalue weighted by molar-refractivity contribution is 0.0931. The second kappa shape index (κ2) is 7.13. The van der Waals surface area contributed by atoms with Crippen molar-refractivity contribution in [1.29, 1.82) is 0 Å². The Kier molecular flexibility index (Phi) is 6.50. The summed E-state index contributed by atoms with van der Waals surface area (Å²) in [5, 5.41) is 3.63. The maximum atomic E-state index is 12.1. The highest BCUT2D eigenvalue weighted by atomic mass is 127. The van der Waals surface area contributed by atoms with E-state index >= 15 is 0 Å². The third kappa shape index (κ3) is 4.55. The minimum Gasteiger partial charge on any atom is -0.348 e. The summed E-state index contributed by atoms with van der Waals surface area (Å²) in [6, 6.07) is 5.55. The first kappa shape index (κ1) is 15.5. The van der Waals surface area contributed by atoms with Crippen LogP contribution in [0.15, 0.2) is 18.2 Å². The number of carbonyl (C=O) groups excluding carboxylic acids is 1. The van der Waals surface area contributed by atoms with Crippen LogP contribution in [0.4, 0.5) is 0 Å². The summed E-state index contributed by atoms with van der Waals surface area (Å²) in [4.78, 5) is 12.1. The van der Waals surface area contributed by atoms with Crippen molar-refractivity contribution in [3.8, 4) is 0 Å². The minimum absolute atomic E-state index is 0.0488. The molecule has 0 fully saturated rings. The van der Waals surface area contributed by atoms with E-state index in [0.29, 0.717) is 16.5 Å². The Bertz CT molecular complexity index is 409. The molecule has 1 amide bonds. The number of nitrogens with one attached hydrogen (secondary N) is 1. The molecule has 1 aromatic rings. The molecule has 0 aliphatic carbocycles. The Labute approximate surface area is 134 Å². The number of hydrogen-bond acceptors (Lipinski definition) is 1. The van der Waals surface area contributed by atoms with Crippen LogP contribution >= 0.6 is 56.8 Å². The molecule has 17 heavy (non-hydrogen) atoms. The van der Waals surface area contributed by atoms with Gasteiger partial charge in [-0.1, -0.05) is 48.0 Å². The maximum absolute atomic E-state index is 12.1. The third-order valence-corrected chi connectivity index (χ3v) is 4.59. The van der Waals surface area contributed by atoms with E-state index in [2.05, 4.69) is 64.3 Å². The molecule has 1 N–H and O–H groups in total. The van der Waals surface area contributed by atoms with Crippen molar-refractivity contribution in [3.63, 3.8) is 0 Å². The molecular formula is C12H14ClI2NO. The second-order valence-corrected chi connectivity index (χ2v) is 6.58. The summed E-state index contributed by atoms with van der Waals surface area (Å²) >= 11 is 10.3. The number of rotatable bonds is 4. The first-order chi connectivity index (χ1) is 7.95. The van der Waals surface area contributed by atoms with Gasteiger partial charge in [0.05, 0.1) is 5.56 Å². The van der Waals surface area contributed by atoms with Crippen LogP contribution in [0.3, 0.4) is 0 Å². The molecule has 0 saturated heterocycles. The number of halogens is 3. The van der Waals surface area contributed by atoms with E-state index in [4.69, 9.17) is 11.6 Å². The van der Waals surface area contributed by atoms with Crippen LogP contribution in [0.25, 0.3) is 0 Å². The van der Waals surface area contributed by atoms with Crippen LogP contribution in [0.5, 0.6) is 0 Å². The molecule has 0 heterocycles. The van der Waals surface area contributed by atoms with Gasteiger partial charge in [-0.05, 0) is 46.7 Å². The van der Waals surface area contributed by atoms with Crippen molar-refractivity contribution in [3.05, 3.63) is 32.4 Å². The van der Waals surface area contributed by atoms with Gasteiger partial charge in [0.2, 0.25) is 0 Å². The van der Waals surface area contributed by atoms with E-state index in [9.17, 15) is 4.79 Å². The summed E-state index contributed by atoms with van der Waals surface area (Å²) in [6.45, 7) is 4.21. The fraction of sp³-hybridized carbons (Fsp3) is 0.417. The van der Waals surface area contributed by atoms with Crippen LogP contribution in [0.1, 0.15) is 24.2 Å². The molecule has 1 atom stereocenters. The average molecular weight is 478 g/mol. The Balaban J connectivity index is 2.86. The van der Waals surface area contributed by atoms with Gasteiger partial charge in [-0.3, -0.25) is 4.79 Å². The molecule has 0 bridgehead atoms. The summed E-state index contributed by atoms with van der Waals surface area (Å²) in [7, 11) is 0. The summed E-state index contributed by atoms with van der Waals surface area (Å²) in [5.74, 6) is 0.375. The molecule has 0 saturated carbocycles. The van der Waals surface area contributed by atoms with Gasteiger partial charge in [-0.25, -0.2) is 0 Å². The molecule has 5 heteroatoms. The Morgan fingerprint density at radius 3 is 2.65 bits per heavy atom. The van der Waals surface area contributed by atoms with Crippen LogP contribution in [0.2, 0.25) is 5.02 Å². The van der Waals surface area contributed by atoms with Gasteiger partial charge in [0.15, 0.2) is 0 Å². The number of benzene rings is 1. The lowest BCUT2D eigenvalue weighted by Gasteiger charge is -2.20. The molecule has 0 aromatic heterocycles. The van der Waals surface area contributed by atoms with Gasteiger partial charge < -0.3 is 5.32 Å². The third-order valence-electron chi connectivity index (χ3n) is 2.46. The van der Waals surface area contributed by atoms with E-state index in [1.807, 2.05) is 6.07 Å². The molecule has 1 rings (SSSR count). The van der Waals surface area contributed by atoms with E-state index < -0.39 is 0 Å². The fourth-order valence-electron chi connectivity index (χ4n) is 1.30. The van der Waals surface area contributed by atoms with E-state index in [-0.39, 0.29) is 11.9 Å². The molecular weight excluding hydrogens is 463 g/mol. The van der Waals surface area contributed by atoms with Gasteiger partial charge in [0.25, 0.3) is 5.91 Å². The number of alkyl halides is 1. The summed E-state index contributed by atoms with van der Waals surface area (Å²) < 4.78 is 1.82. The largest absolute Gasteiger partial charge is 0.348 e. The van der Waals surface area contributed by atoms with E-state index in [0.717, 1.165) is 8.00 Å². The fourth-order valence-corrected chi connectivity index (χ4v) is 3.29. The first-order valence-electron chi connectivity index (χ1n) is 5.27. The van der Waals surface area contributed by atoms with Crippen molar-refractivity contribution in [2.75, 3.05) is 4.43 Å².